The number of amides is 1. The minimum atomic E-state index is -3.46. The number of nitrogens with zero attached hydrogens (tertiary/aromatic N) is 1. The lowest BCUT2D eigenvalue weighted by molar-refractivity contribution is -0.682. The van der Waals surface area contributed by atoms with Crippen LogP contribution < -0.4 is 10.6 Å². The lowest BCUT2D eigenvalue weighted by Crippen LogP contribution is -2.86. The molecule has 2 aromatic rings. The van der Waals surface area contributed by atoms with Gasteiger partial charge in [0.15, 0.2) is 6.54 Å². The largest absolute Gasteiger partial charge is 0.333 e. The van der Waals surface area contributed by atoms with Crippen molar-refractivity contribution in [3.63, 3.8) is 0 Å². The smallest absolute Gasteiger partial charge is 0.279 e. The fraction of sp³-hybridized carbons (Fsp3) is 0.350. The lowest BCUT2D eigenvalue weighted by Gasteiger charge is -2.19. The Morgan fingerprint density at radius 1 is 1.07 bits per heavy atom. The zero-order valence-electron chi connectivity index (χ0n) is 16.4. The predicted octanol–water partition coefficient (Wildman–Crippen LogP) is 2.63. The summed E-state index contributed by atoms with van der Waals surface area (Å²) in [6.45, 7) is 6.75. The molecule has 0 spiro atoms. The number of hydrogen-bond donors (Lipinski definition) is 2. The van der Waals surface area contributed by atoms with Crippen molar-refractivity contribution in [3.8, 4) is 0 Å². The topological polar surface area (TPSA) is 83.1 Å². The summed E-state index contributed by atoms with van der Waals surface area (Å²) in [6.07, 6.45) is 0. The Bertz CT molecular complexity index is 880. The van der Waals surface area contributed by atoms with Gasteiger partial charge in [-0.15, -0.1) is 0 Å². The number of nitrogens with one attached hydrogen (secondary N) is 1. The molecule has 3 N–H and O–H groups in total. The highest BCUT2D eigenvalue weighted by Gasteiger charge is 2.22. The number of sulfonamides is 1. The molecule has 0 aliphatic rings. The maximum atomic E-state index is 12.5. The summed E-state index contributed by atoms with van der Waals surface area (Å²) in [5.41, 5.74) is 1.65. The van der Waals surface area contributed by atoms with Gasteiger partial charge in [0, 0.05) is 29.4 Å². The molecule has 0 aromatic heterocycles. The van der Waals surface area contributed by atoms with E-state index in [1.807, 2.05) is 26.1 Å². The summed E-state index contributed by atoms with van der Waals surface area (Å²) < 4.78 is 26.5. The van der Waals surface area contributed by atoms with Crippen molar-refractivity contribution in [2.75, 3.05) is 25.0 Å². The van der Waals surface area contributed by atoms with Crippen LogP contribution >= 0.6 is 11.6 Å². The molecule has 152 valence electrons. The van der Waals surface area contributed by atoms with E-state index < -0.39 is 10.0 Å². The van der Waals surface area contributed by atoms with Gasteiger partial charge in [-0.2, -0.15) is 4.31 Å². The first-order chi connectivity index (χ1) is 13.3. The van der Waals surface area contributed by atoms with Gasteiger partial charge in [0.05, 0.1) is 4.90 Å². The molecule has 0 aliphatic heterocycles. The van der Waals surface area contributed by atoms with Crippen LogP contribution in [-0.2, 0) is 14.8 Å². The van der Waals surface area contributed by atoms with Crippen LogP contribution in [0.25, 0.3) is 0 Å². The number of nitrogens with two attached hydrogens (primary N) is 1. The van der Waals surface area contributed by atoms with E-state index >= 15 is 0 Å². The zero-order valence-corrected chi connectivity index (χ0v) is 17.9. The van der Waals surface area contributed by atoms with Crippen molar-refractivity contribution in [3.05, 3.63) is 59.1 Å². The number of benzene rings is 2. The van der Waals surface area contributed by atoms with Crippen molar-refractivity contribution in [1.29, 1.82) is 0 Å². The average Bonchev–Trinajstić information content (AvgIpc) is 2.68. The molecule has 1 atom stereocenters. The third-order valence-corrected chi connectivity index (χ3v) is 6.85. The Kier molecular flexibility index (Phi) is 8.00. The van der Waals surface area contributed by atoms with Crippen LogP contribution in [0.1, 0.15) is 32.4 Å². The molecule has 2 rings (SSSR count). The second-order valence-corrected chi connectivity index (χ2v) is 8.82. The SMILES string of the molecule is CCN(CC)S(=O)(=O)c1ccc([C@@H](C)[NH2+]CC(=O)Nc2ccc(Cl)cc2)cc1. The third kappa shape index (κ3) is 5.78. The number of halogens is 1. The molecule has 2 aromatic carbocycles. The van der Waals surface area contributed by atoms with E-state index in [0.717, 1.165) is 5.56 Å². The number of anilines is 1. The van der Waals surface area contributed by atoms with E-state index in [1.54, 1.807) is 48.5 Å². The fourth-order valence-electron chi connectivity index (χ4n) is 2.82. The maximum Gasteiger partial charge on any atom is 0.279 e. The standard InChI is InChI=1S/C20H26ClN3O3S/c1-4-24(5-2)28(26,27)19-12-6-16(7-13-19)15(3)22-14-20(25)23-18-10-8-17(21)9-11-18/h6-13,15,22H,4-5,14H2,1-3H3,(H,23,25)/p+1/t15-/m1/s1. The molecule has 0 fully saturated rings. The lowest BCUT2D eigenvalue weighted by atomic mass is 10.1. The van der Waals surface area contributed by atoms with Crippen LogP contribution in [-0.4, -0.2) is 38.3 Å². The molecule has 0 saturated carbocycles. The Balaban J connectivity index is 1.94. The second kappa shape index (κ2) is 10.0. The van der Waals surface area contributed by atoms with Gasteiger partial charge in [0.1, 0.15) is 6.04 Å². The quantitative estimate of drug-likeness (QED) is 0.649. The number of rotatable bonds is 9. The van der Waals surface area contributed by atoms with E-state index in [9.17, 15) is 13.2 Å². The van der Waals surface area contributed by atoms with Gasteiger partial charge in [-0.1, -0.05) is 37.6 Å². The van der Waals surface area contributed by atoms with Crippen molar-refractivity contribution in [2.24, 2.45) is 0 Å². The zero-order chi connectivity index (χ0) is 20.7. The molecule has 0 radical (unpaired) electrons. The van der Waals surface area contributed by atoms with Crippen LogP contribution in [0.15, 0.2) is 53.4 Å². The second-order valence-electron chi connectivity index (χ2n) is 6.44. The molecule has 0 heterocycles. The maximum absolute atomic E-state index is 12.5. The molecule has 0 bridgehead atoms. The van der Waals surface area contributed by atoms with E-state index in [2.05, 4.69) is 5.32 Å². The van der Waals surface area contributed by atoms with Crippen molar-refractivity contribution in [2.45, 2.75) is 31.7 Å². The molecule has 0 unspecified atom stereocenters. The molecule has 0 aliphatic carbocycles. The highest BCUT2D eigenvalue weighted by molar-refractivity contribution is 7.89. The molecular formula is C20H27ClN3O3S+. The summed E-state index contributed by atoms with van der Waals surface area (Å²) in [6, 6.07) is 13.8. The van der Waals surface area contributed by atoms with Crippen LogP contribution in [0.2, 0.25) is 5.02 Å². The van der Waals surface area contributed by atoms with Crippen molar-refractivity contribution >= 4 is 33.2 Å². The molecular weight excluding hydrogens is 398 g/mol. The Morgan fingerprint density at radius 2 is 1.64 bits per heavy atom. The van der Waals surface area contributed by atoms with Crippen LogP contribution in [0.4, 0.5) is 5.69 Å². The summed E-state index contributed by atoms with van der Waals surface area (Å²) >= 11 is 5.83. The van der Waals surface area contributed by atoms with E-state index in [0.29, 0.717) is 23.8 Å². The third-order valence-electron chi connectivity index (χ3n) is 4.53. The van der Waals surface area contributed by atoms with Gasteiger partial charge in [0.25, 0.3) is 5.91 Å². The number of carbonyl (C=O) groups excluding carboxylic acids is 1. The molecule has 1 amide bonds. The molecule has 28 heavy (non-hydrogen) atoms. The van der Waals surface area contributed by atoms with Gasteiger partial charge in [-0.05, 0) is 43.3 Å². The number of hydrogen-bond acceptors (Lipinski definition) is 3. The Hall–Kier alpha value is -1.93. The highest BCUT2D eigenvalue weighted by atomic mass is 35.5. The van der Waals surface area contributed by atoms with E-state index in [-0.39, 0.29) is 23.4 Å². The van der Waals surface area contributed by atoms with Gasteiger partial charge >= 0.3 is 0 Å². The predicted molar refractivity (Wildman–Crippen MR) is 112 cm³/mol. The first kappa shape index (κ1) is 22.4. The summed E-state index contributed by atoms with van der Waals surface area (Å²) in [5, 5.41) is 5.33. The van der Waals surface area contributed by atoms with Crippen molar-refractivity contribution in [1.82, 2.24) is 4.31 Å². The fourth-order valence-corrected chi connectivity index (χ4v) is 4.41. The van der Waals surface area contributed by atoms with E-state index in [4.69, 9.17) is 11.6 Å². The Morgan fingerprint density at radius 3 is 2.18 bits per heavy atom. The van der Waals surface area contributed by atoms with Crippen LogP contribution in [0.5, 0.6) is 0 Å². The normalized spacial score (nSPS) is 12.8. The van der Waals surface area contributed by atoms with Crippen molar-refractivity contribution < 1.29 is 18.5 Å². The minimum absolute atomic E-state index is 0.0150. The van der Waals surface area contributed by atoms with Gasteiger partial charge in [-0.3, -0.25) is 4.79 Å². The minimum Gasteiger partial charge on any atom is -0.333 e. The first-order valence-corrected chi connectivity index (χ1v) is 11.1. The number of carbonyl (C=O) groups is 1. The monoisotopic (exact) mass is 424 g/mol. The Labute approximate surface area is 171 Å². The van der Waals surface area contributed by atoms with Crippen LogP contribution in [0.3, 0.4) is 0 Å². The summed E-state index contributed by atoms with van der Waals surface area (Å²) in [4.78, 5) is 12.4. The molecule has 6 nitrogen and oxygen atoms in total. The van der Waals surface area contributed by atoms with Gasteiger partial charge < -0.3 is 10.6 Å². The number of quaternary nitrogens is 1. The highest BCUT2D eigenvalue weighted by Crippen LogP contribution is 2.18. The first-order valence-electron chi connectivity index (χ1n) is 9.26. The van der Waals surface area contributed by atoms with E-state index in [1.165, 1.54) is 4.31 Å². The van der Waals surface area contributed by atoms with Gasteiger partial charge in [-0.25, -0.2) is 8.42 Å². The van der Waals surface area contributed by atoms with Crippen LogP contribution in [0, 0.1) is 0 Å². The summed E-state index contributed by atoms with van der Waals surface area (Å²) in [7, 11) is -3.46. The summed E-state index contributed by atoms with van der Waals surface area (Å²) in [5.74, 6) is -0.116. The molecule has 8 heteroatoms. The average molecular weight is 425 g/mol. The molecule has 0 saturated heterocycles. The van der Waals surface area contributed by atoms with Gasteiger partial charge in [0.2, 0.25) is 10.0 Å².